The van der Waals surface area contributed by atoms with Gasteiger partial charge < -0.3 is 15.4 Å². The van der Waals surface area contributed by atoms with Crippen molar-refractivity contribution < 1.29 is 18.7 Å². The van der Waals surface area contributed by atoms with Gasteiger partial charge in [0, 0.05) is 11.4 Å². The molecule has 0 aliphatic heterocycles. The second-order valence-corrected chi connectivity index (χ2v) is 7.38. The zero-order valence-corrected chi connectivity index (χ0v) is 18.3. The molecule has 0 spiro atoms. The molecule has 0 saturated carbocycles. The van der Waals surface area contributed by atoms with E-state index in [1.54, 1.807) is 18.2 Å². The Hall–Kier alpha value is -4.15. The number of aryl methyl sites for hydroxylation is 1. The van der Waals surface area contributed by atoms with Crippen LogP contribution < -0.4 is 15.4 Å². The van der Waals surface area contributed by atoms with E-state index in [0.717, 1.165) is 5.56 Å². The molecule has 6 nitrogen and oxygen atoms in total. The largest absolute Gasteiger partial charge is 0.482 e. The maximum absolute atomic E-state index is 12.9. The molecule has 0 radical (unpaired) electrons. The Labute approximate surface area is 195 Å². The maximum Gasteiger partial charge on any atom is 0.266 e. The molecule has 0 heterocycles. The molecule has 2 N–H and O–H groups in total. The summed E-state index contributed by atoms with van der Waals surface area (Å²) >= 11 is 6.24. The Morgan fingerprint density at radius 1 is 1.09 bits per heavy atom. The summed E-state index contributed by atoms with van der Waals surface area (Å²) < 4.78 is 18.4. The first-order valence-corrected chi connectivity index (χ1v) is 10.2. The maximum atomic E-state index is 12.9. The number of halogens is 2. The summed E-state index contributed by atoms with van der Waals surface area (Å²) in [5.74, 6) is -1.13. The zero-order chi connectivity index (χ0) is 23.8. The number of hydrogen-bond donors (Lipinski definition) is 2. The van der Waals surface area contributed by atoms with Crippen LogP contribution >= 0.6 is 11.6 Å². The number of benzene rings is 3. The lowest BCUT2D eigenvalue weighted by molar-refractivity contribution is -0.118. The summed E-state index contributed by atoms with van der Waals surface area (Å²) in [7, 11) is 0. The number of hydrogen-bond acceptors (Lipinski definition) is 4. The van der Waals surface area contributed by atoms with Crippen LogP contribution in [0, 0.1) is 24.1 Å². The fourth-order valence-electron chi connectivity index (χ4n) is 2.82. The minimum Gasteiger partial charge on any atom is -0.482 e. The highest BCUT2D eigenvalue weighted by molar-refractivity contribution is 6.32. The van der Waals surface area contributed by atoms with Gasteiger partial charge in [-0.2, -0.15) is 5.26 Å². The van der Waals surface area contributed by atoms with E-state index in [9.17, 15) is 19.2 Å². The average Bonchev–Trinajstić information content (AvgIpc) is 2.80. The second-order valence-electron chi connectivity index (χ2n) is 6.97. The summed E-state index contributed by atoms with van der Waals surface area (Å²) in [6, 6.07) is 19.1. The minimum atomic E-state index is -0.541. The molecule has 3 rings (SSSR count). The van der Waals surface area contributed by atoms with E-state index >= 15 is 0 Å². The van der Waals surface area contributed by atoms with Gasteiger partial charge in [-0.25, -0.2) is 4.39 Å². The summed E-state index contributed by atoms with van der Waals surface area (Å²) in [6.45, 7) is 1.54. The van der Waals surface area contributed by atoms with Crippen LogP contribution in [-0.4, -0.2) is 18.4 Å². The standard InChI is InChI=1S/C25H19ClFN3O3/c1-16-4-2-3-5-22(16)30-25(32)18(14-28)12-17-6-11-23(21(26)13-17)33-15-24(31)29-20-9-7-19(27)8-10-20/h2-13H,15H2,1H3,(H,29,31)(H,30,32). The van der Waals surface area contributed by atoms with Crippen molar-refractivity contribution in [3.8, 4) is 11.8 Å². The van der Waals surface area contributed by atoms with Crippen molar-refractivity contribution in [1.29, 1.82) is 5.26 Å². The molecule has 3 aromatic rings. The van der Waals surface area contributed by atoms with Crippen LogP contribution in [0.25, 0.3) is 6.08 Å². The molecule has 2 amide bonds. The van der Waals surface area contributed by atoms with E-state index in [1.165, 1.54) is 42.5 Å². The number of nitrogens with zero attached hydrogens (tertiary/aromatic N) is 1. The molecule has 0 aliphatic carbocycles. The van der Waals surface area contributed by atoms with E-state index < -0.39 is 17.6 Å². The summed E-state index contributed by atoms with van der Waals surface area (Å²) in [5, 5.41) is 14.9. The Kier molecular flexibility index (Phi) is 7.79. The Balaban J connectivity index is 1.63. The van der Waals surface area contributed by atoms with E-state index in [1.807, 2.05) is 25.1 Å². The number of amides is 2. The fourth-order valence-corrected chi connectivity index (χ4v) is 3.06. The quantitative estimate of drug-likeness (QED) is 0.365. The highest BCUT2D eigenvalue weighted by Crippen LogP contribution is 2.27. The van der Waals surface area contributed by atoms with Crippen LogP contribution in [0.2, 0.25) is 5.02 Å². The number of carbonyl (C=O) groups excluding carboxylic acids is 2. The Morgan fingerprint density at radius 3 is 2.48 bits per heavy atom. The molecule has 0 fully saturated rings. The molecular weight excluding hydrogens is 445 g/mol. The summed E-state index contributed by atoms with van der Waals surface area (Å²) in [4.78, 5) is 24.5. The van der Waals surface area contributed by atoms with Crippen LogP contribution in [0.4, 0.5) is 15.8 Å². The molecule has 0 aliphatic rings. The lowest BCUT2D eigenvalue weighted by Gasteiger charge is -2.10. The predicted octanol–water partition coefficient (Wildman–Crippen LogP) is 5.35. The van der Waals surface area contributed by atoms with Crippen LogP contribution in [-0.2, 0) is 9.59 Å². The van der Waals surface area contributed by atoms with Crippen LogP contribution in [0.15, 0.2) is 72.3 Å². The van der Waals surface area contributed by atoms with Crippen molar-refractivity contribution >= 4 is 40.9 Å². The highest BCUT2D eigenvalue weighted by Gasteiger charge is 2.12. The minimum absolute atomic E-state index is 0.0957. The highest BCUT2D eigenvalue weighted by atomic mass is 35.5. The van der Waals surface area contributed by atoms with Gasteiger partial charge in [-0.15, -0.1) is 0 Å². The van der Waals surface area contributed by atoms with E-state index in [0.29, 0.717) is 16.9 Å². The zero-order valence-electron chi connectivity index (χ0n) is 17.6. The summed E-state index contributed by atoms with van der Waals surface area (Å²) in [6.07, 6.45) is 1.41. The van der Waals surface area contributed by atoms with Gasteiger partial charge in [0.1, 0.15) is 23.2 Å². The normalized spacial score (nSPS) is 10.8. The molecule has 8 heteroatoms. The number of nitrogens with one attached hydrogen (secondary N) is 2. The van der Waals surface area contributed by atoms with Crippen molar-refractivity contribution in [3.63, 3.8) is 0 Å². The van der Waals surface area contributed by atoms with Gasteiger partial charge in [-0.05, 0) is 66.6 Å². The molecule has 0 unspecified atom stereocenters. The van der Waals surface area contributed by atoms with Gasteiger partial charge >= 0.3 is 0 Å². The van der Waals surface area contributed by atoms with Crippen LogP contribution in [0.1, 0.15) is 11.1 Å². The van der Waals surface area contributed by atoms with E-state index in [-0.39, 0.29) is 23.0 Å². The van der Waals surface area contributed by atoms with Gasteiger partial charge in [0.05, 0.1) is 5.02 Å². The second kappa shape index (κ2) is 10.9. The van der Waals surface area contributed by atoms with Gasteiger partial charge in [0.25, 0.3) is 11.8 Å². The monoisotopic (exact) mass is 463 g/mol. The predicted molar refractivity (Wildman–Crippen MR) is 125 cm³/mol. The molecule has 33 heavy (non-hydrogen) atoms. The van der Waals surface area contributed by atoms with Crippen molar-refractivity contribution in [1.82, 2.24) is 0 Å². The molecule has 0 saturated heterocycles. The van der Waals surface area contributed by atoms with Gasteiger partial charge in [-0.3, -0.25) is 9.59 Å². The van der Waals surface area contributed by atoms with Gasteiger partial charge in [0.15, 0.2) is 6.61 Å². The smallest absolute Gasteiger partial charge is 0.266 e. The van der Waals surface area contributed by atoms with Crippen molar-refractivity contribution in [2.24, 2.45) is 0 Å². The number of nitriles is 1. The summed E-state index contributed by atoms with van der Waals surface area (Å²) in [5.41, 5.74) is 2.34. The molecule has 0 aromatic heterocycles. The van der Waals surface area contributed by atoms with Crippen molar-refractivity contribution in [2.45, 2.75) is 6.92 Å². The number of ether oxygens (including phenoxy) is 1. The molecule has 0 atom stereocenters. The number of anilines is 2. The SMILES string of the molecule is Cc1ccccc1NC(=O)C(C#N)=Cc1ccc(OCC(=O)Nc2ccc(F)cc2)c(Cl)c1. The molecule has 166 valence electrons. The third-order valence-electron chi connectivity index (χ3n) is 4.51. The molecule has 3 aromatic carbocycles. The number of rotatable bonds is 7. The van der Waals surface area contributed by atoms with Crippen LogP contribution in [0.3, 0.4) is 0 Å². The lowest BCUT2D eigenvalue weighted by atomic mass is 10.1. The third-order valence-corrected chi connectivity index (χ3v) is 4.81. The van der Waals surface area contributed by atoms with E-state index in [4.69, 9.17) is 16.3 Å². The van der Waals surface area contributed by atoms with Crippen molar-refractivity contribution in [3.05, 3.63) is 94.3 Å². The first-order chi connectivity index (χ1) is 15.9. The first-order valence-electron chi connectivity index (χ1n) is 9.82. The van der Waals surface area contributed by atoms with E-state index in [2.05, 4.69) is 10.6 Å². The van der Waals surface area contributed by atoms with Crippen LogP contribution in [0.5, 0.6) is 5.75 Å². The number of para-hydroxylation sites is 1. The first kappa shape index (κ1) is 23.5. The Morgan fingerprint density at radius 2 is 1.82 bits per heavy atom. The fraction of sp³-hybridized carbons (Fsp3) is 0.0800. The lowest BCUT2D eigenvalue weighted by Crippen LogP contribution is -2.20. The van der Waals surface area contributed by atoms with Crippen molar-refractivity contribution in [2.75, 3.05) is 17.2 Å². The van der Waals surface area contributed by atoms with Gasteiger partial charge in [0.2, 0.25) is 0 Å². The number of carbonyl (C=O) groups is 2. The topological polar surface area (TPSA) is 91.2 Å². The Bertz CT molecular complexity index is 1250. The molecular formula is C25H19ClFN3O3. The third kappa shape index (κ3) is 6.66. The van der Waals surface area contributed by atoms with Gasteiger partial charge in [-0.1, -0.05) is 35.9 Å². The molecule has 0 bridgehead atoms. The average molecular weight is 464 g/mol.